The molecule has 33 heavy (non-hydrogen) atoms. The monoisotopic (exact) mass is 480 g/mol. The lowest BCUT2D eigenvalue weighted by molar-refractivity contribution is -0.137. The normalized spacial score (nSPS) is 16.8. The van der Waals surface area contributed by atoms with Crippen molar-refractivity contribution >= 4 is 33.8 Å². The SMILES string of the molecule is CC(C)(C)C(=O)Nc1sc2c(c1C(=O)Nc1ccccc1C(F)(F)F)CCC(C(C)(C)C)C2. The van der Waals surface area contributed by atoms with Crippen LogP contribution in [0.25, 0.3) is 0 Å². The molecule has 0 saturated carbocycles. The molecule has 2 N–H and O–H groups in total. The minimum Gasteiger partial charge on any atom is -0.321 e. The summed E-state index contributed by atoms with van der Waals surface area (Å²) in [5.74, 6) is -0.475. The number of carbonyl (C=O) groups excluding carboxylic acids is 2. The summed E-state index contributed by atoms with van der Waals surface area (Å²) in [4.78, 5) is 27.1. The summed E-state index contributed by atoms with van der Waals surface area (Å²) in [5.41, 5.74) is -0.704. The van der Waals surface area contributed by atoms with Gasteiger partial charge in [-0.2, -0.15) is 13.2 Å². The van der Waals surface area contributed by atoms with Gasteiger partial charge < -0.3 is 10.6 Å². The minimum atomic E-state index is -4.60. The highest BCUT2D eigenvalue weighted by Gasteiger charge is 2.37. The van der Waals surface area contributed by atoms with E-state index < -0.39 is 23.1 Å². The first kappa shape index (κ1) is 25.3. The van der Waals surface area contributed by atoms with Crippen molar-refractivity contribution in [2.24, 2.45) is 16.7 Å². The van der Waals surface area contributed by atoms with Crippen molar-refractivity contribution in [3.8, 4) is 0 Å². The van der Waals surface area contributed by atoms with Gasteiger partial charge in [0.1, 0.15) is 5.00 Å². The van der Waals surface area contributed by atoms with E-state index in [1.165, 1.54) is 29.5 Å². The third-order valence-electron chi connectivity index (χ3n) is 6.11. The molecule has 1 aromatic carbocycles. The number of hydrogen-bond donors (Lipinski definition) is 2. The maximum Gasteiger partial charge on any atom is 0.418 e. The van der Waals surface area contributed by atoms with Crippen LogP contribution in [-0.2, 0) is 23.8 Å². The van der Waals surface area contributed by atoms with Gasteiger partial charge in [-0.25, -0.2) is 0 Å². The summed E-state index contributed by atoms with van der Waals surface area (Å²) in [6.45, 7) is 11.8. The van der Waals surface area contributed by atoms with Crippen molar-refractivity contribution < 1.29 is 22.8 Å². The molecular formula is C25H31F3N2O2S. The number of rotatable bonds is 3. The van der Waals surface area contributed by atoms with E-state index in [0.29, 0.717) is 17.3 Å². The van der Waals surface area contributed by atoms with Crippen molar-refractivity contribution in [2.75, 3.05) is 10.6 Å². The van der Waals surface area contributed by atoms with Crippen molar-refractivity contribution in [2.45, 2.75) is 67.0 Å². The number of nitrogens with one attached hydrogen (secondary N) is 2. The molecule has 1 aliphatic carbocycles. The second kappa shape index (κ2) is 8.78. The molecule has 0 bridgehead atoms. The number of fused-ring (bicyclic) bond motifs is 1. The van der Waals surface area contributed by atoms with Gasteiger partial charge >= 0.3 is 6.18 Å². The third-order valence-corrected chi connectivity index (χ3v) is 7.28. The summed E-state index contributed by atoms with van der Waals surface area (Å²) >= 11 is 1.36. The second-order valence-corrected chi connectivity index (χ2v) is 11.8. The van der Waals surface area contributed by atoms with Crippen molar-refractivity contribution in [1.82, 2.24) is 0 Å². The molecule has 4 nitrogen and oxygen atoms in total. The van der Waals surface area contributed by atoms with Crippen LogP contribution in [-0.4, -0.2) is 11.8 Å². The standard InChI is InChI=1S/C25H31F3N2O2S/c1-23(2,3)14-11-12-15-18(13-14)33-21(30-22(32)24(4,5)6)19(15)20(31)29-17-10-8-7-9-16(17)25(26,27)28/h7-10,14H,11-13H2,1-6H3,(H,29,31)(H,30,32). The summed E-state index contributed by atoms with van der Waals surface area (Å²) < 4.78 is 40.3. The Morgan fingerprint density at radius 1 is 1.00 bits per heavy atom. The molecule has 0 radical (unpaired) electrons. The number of anilines is 2. The fraction of sp³-hybridized carbons (Fsp3) is 0.520. The van der Waals surface area contributed by atoms with Gasteiger partial charge in [-0.1, -0.05) is 53.7 Å². The van der Waals surface area contributed by atoms with E-state index in [0.717, 1.165) is 29.3 Å². The number of amides is 2. The second-order valence-electron chi connectivity index (χ2n) is 10.7. The molecule has 180 valence electrons. The van der Waals surface area contributed by atoms with E-state index in [1.54, 1.807) is 20.8 Å². The number of hydrogen-bond acceptors (Lipinski definition) is 3. The molecule has 0 spiro atoms. The number of alkyl halides is 3. The molecule has 0 aliphatic heterocycles. The lowest BCUT2D eigenvalue weighted by Crippen LogP contribution is -2.29. The van der Waals surface area contributed by atoms with Gasteiger partial charge in [-0.15, -0.1) is 11.3 Å². The first-order valence-electron chi connectivity index (χ1n) is 11.0. The van der Waals surface area contributed by atoms with Gasteiger partial charge in [-0.3, -0.25) is 9.59 Å². The highest BCUT2D eigenvalue weighted by molar-refractivity contribution is 7.17. The molecule has 1 atom stereocenters. The number of carbonyl (C=O) groups is 2. The molecule has 1 aromatic heterocycles. The van der Waals surface area contributed by atoms with Crippen LogP contribution in [0.5, 0.6) is 0 Å². The van der Waals surface area contributed by atoms with E-state index in [4.69, 9.17) is 0 Å². The predicted octanol–water partition coefficient (Wildman–Crippen LogP) is 7.15. The van der Waals surface area contributed by atoms with Crippen LogP contribution in [0.15, 0.2) is 24.3 Å². The summed E-state index contributed by atoms with van der Waals surface area (Å²) in [6.07, 6.45) is -2.31. The number of thiophene rings is 1. The minimum absolute atomic E-state index is 0.0879. The Kier molecular flexibility index (Phi) is 6.72. The predicted molar refractivity (Wildman–Crippen MR) is 127 cm³/mol. The van der Waals surface area contributed by atoms with E-state index in [-0.39, 0.29) is 22.6 Å². The van der Waals surface area contributed by atoms with Crippen LogP contribution in [0.3, 0.4) is 0 Å². The Morgan fingerprint density at radius 3 is 2.21 bits per heavy atom. The lowest BCUT2D eigenvalue weighted by atomic mass is 9.72. The molecule has 1 aliphatic rings. The molecule has 1 heterocycles. The fourth-order valence-electron chi connectivity index (χ4n) is 3.97. The largest absolute Gasteiger partial charge is 0.418 e. The zero-order valence-electron chi connectivity index (χ0n) is 19.9. The quantitative estimate of drug-likeness (QED) is 0.490. The lowest BCUT2D eigenvalue weighted by Gasteiger charge is -2.33. The topological polar surface area (TPSA) is 58.2 Å². The van der Waals surface area contributed by atoms with E-state index >= 15 is 0 Å². The van der Waals surface area contributed by atoms with Gasteiger partial charge in [0.2, 0.25) is 5.91 Å². The average molecular weight is 481 g/mol. The number of benzene rings is 1. The zero-order valence-corrected chi connectivity index (χ0v) is 20.7. The van der Waals surface area contributed by atoms with Crippen LogP contribution in [0.2, 0.25) is 0 Å². The summed E-state index contributed by atoms with van der Waals surface area (Å²) in [5, 5.41) is 5.73. The summed E-state index contributed by atoms with van der Waals surface area (Å²) in [7, 11) is 0. The molecule has 3 rings (SSSR count). The number of para-hydroxylation sites is 1. The van der Waals surface area contributed by atoms with Crippen LogP contribution in [0.1, 0.15) is 74.3 Å². The molecule has 0 fully saturated rings. The van der Waals surface area contributed by atoms with E-state index in [9.17, 15) is 22.8 Å². The molecule has 0 saturated heterocycles. The zero-order chi connectivity index (χ0) is 24.8. The van der Waals surface area contributed by atoms with E-state index in [2.05, 4.69) is 31.4 Å². The van der Waals surface area contributed by atoms with Gasteiger partial charge in [0, 0.05) is 10.3 Å². The summed E-state index contributed by atoms with van der Waals surface area (Å²) in [6, 6.07) is 4.91. The smallest absolute Gasteiger partial charge is 0.321 e. The first-order chi connectivity index (χ1) is 15.1. The van der Waals surface area contributed by atoms with Crippen LogP contribution in [0, 0.1) is 16.7 Å². The van der Waals surface area contributed by atoms with Crippen LogP contribution >= 0.6 is 11.3 Å². The first-order valence-corrected chi connectivity index (χ1v) is 11.8. The molecule has 2 aromatic rings. The van der Waals surface area contributed by atoms with Gasteiger partial charge in [0.05, 0.1) is 16.8 Å². The average Bonchev–Trinajstić information content (AvgIpc) is 3.03. The van der Waals surface area contributed by atoms with Gasteiger partial charge in [0.15, 0.2) is 0 Å². The van der Waals surface area contributed by atoms with Crippen LogP contribution in [0.4, 0.5) is 23.9 Å². The van der Waals surface area contributed by atoms with Crippen molar-refractivity contribution in [3.05, 3.63) is 45.8 Å². The molecule has 1 unspecified atom stereocenters. The Labute approximate surface area is 197 Å². The molecule has 2 amide bonds. The Bertz CT molecular complexity index is 1060. The van der Waals surface area contributed by atoms with Gasteiger partial charge in [0.25, 0.3) is 5.91 Å². The van der Waals surface area contributed by atoms with Crippen molar-refractivity contribution in [1.29, 1.82) is 0 Å². The maximum atomic E-state index is 13.4. The highest BCUT2D eigenvalue weighted by atomic mass is 32.1. The molecule has 8 heteroatoms. The van der Waals surface area contributed by atoms with E-state index in [1.807, 2.05) is 0 Å². The highest BCUT2D eigenvalue weighted by Crippen LogP contribution is 2.45. The van der Waals surface area contributed by atoms with Crippen LogP contribution < -0.4 is 10.6 Å². The van der Waals surface area contributed by atoms with Crippen molar-refractivity contribution in [3.63, 3.8) is 0 Å². The fourth-order valence-corrected chi connectivity index (χ4v) is 5.29. The Hall–Kier alpha value is -2.35. The Morgan fingerprint density at radius 2 is 1.64 bits per heavy atom. The third kappa shape index (κ3) is 5.60. The molecular weight excluding hydrogens is 449 g/mol. The Balaban J connectivity index is 2.02. The maximum absolute atomic E-state index is 13.4. The number of halogens is 3. The van der Waals surface area contributed by atoms with Gasteiger partial charge in [-0.05, 0) is 48.3 Å².